The normalized spacial score (nSPS) is 10.2. The van der Waals surface area contributed by atoms with Crippen molar-refractivity contribution in [2.45, 2.75) is 0 Å². The summed E-state index contributed by atoms with van der Waals surface area (Å²) >= 11 is 0. The summed E-state index contributed by atoms with van der Waals surface area (Å²) < 4.78 is 15.6. The van der Waals surface area contributed by atoms with Gasteiger partial charge in [0.2, 0.25) is 17.6 Å². The molecule has 4 N–H and O–H groups in total. The molecule has 11 heteroatoms. The number of benzene rings is 2. The van der Waals surface area contributed by atoms with Crippen molar-refractivity contribution in [2.75, 3.05) is 37.7 Å². The van der Waals surface area contributed by atoms with Gasteiger partial charge in [-0.05, 0) is 36.4 Å². The van der Waals surface area contributed by atoms with Crippen LogP contribution >= 0.6 is 0 Å². The van der Waals surface area contributed by atoms with E-state index in [0.717, 1.165) is 0 Å². The second kappa shape index (κ2) is 8.82. The number of methoxy groups -OCH3 is 3. The minimum absolute atomic E-state index is 0.0765. The van der Waals surface area contributed by atoms with E-state index in [1.807, 2.05) is 0 Å². The zero-order chi connectivity index (χ0) is 21.7. The fraction of sp³-hybridized carbons (Fsp3) is 0.158. The molecule has 0 saturated heterocycles. The van der Waals surface area contributed by atoms with Gasteiger partial charge < -0.3 is 30.6 Å². The first-order valence-electron chi connectivity index (χ1n) is 8.67. The van der Waals surface area contributed by atoms with E-state index in [0.29, 0.717) is 28.6 Å². The van der Waals surface area contributed by atoms with Crippen LogP contribution < -0.4 is 30.6 Å². The Hall–Kier alpha value is -4.28. The van der Waals surface area contributed by atoms with Gasteiger partial charge in [-0.2, -0.15) is 9.97 Å². The summed E-state index contributed by atoms with van der Waals surface area (Å²) in [5, 5.41) is 17.4. The number of hydrogen-bond acceptors (Lipinski definition) is 10. The van der Waals surface area contributed by atoms with Gasteiger partial charge in [-0.3, -0.25) is 10.1 Å². The van der Waals surface area contributed by atoms with Crippen LogP contribution in [0.5, 0.6) is 17.2 Å². The van der Waals surface area contributed by atoms with Crippen molar-refractivity contribution in [3.05, 3.63) is 52.6 Å². The SMILES string of the molecule is COc1ccc(Nc2nc(N)c([N+](=O)[O-])c(Nc3cc(OC)ccc3OC)n2)cc1. The highest BCUT2D eigenvalue weighted by Crippen LogP contribution is 2.36. The van der Waals surface area contributed by atoms with E-state index in [1.165, 1.54) is 14.2 Å². The molecule has 1 heterocycles. The van der Waals surface area contributed by atoms with Crippen molar-refractivity contribution in [3.63, 3.8) is 0 Å². The maximum absolute atomic E-state index is 11.6. The second-order valence-electron chi connectivity index (χ2n) is 5.93. The number of ether oxygens (including phenoxy) is 3. The average molecular weight is 412 g/mol. The Morgan fingerprint density at radius 1 is 0.933 bits per heavy atom. The van der Waals surface area contributed by atoms with Crippen molar-refractivity contribution < 1.29 is 19.1 Å². The Kier molecular flexibility index (Phi) is 6.01. The molecule has 2 aromatic carbocycles. The highest BCUT2D eigenvalue weighted by molar-refractivity contribution is 5.77. The highest BCUT2D eigenvalue weighted by atomic mass is 16.6. The molecule has 0 fully saturated rings. The third-order valence-electron chi connectivity index (χ3n) is 4.10. The lowest BCUT2D eigenvalue weighted by molar-refractivity contribution is -0.383. The lowest BCUT2D eigenvalue weighted by Gasteiger charge is -2.14. The molecule has 11 nitrogen and oxygen atoms in total. The van der Waals surface area contributed by atoms with E-state index >= 15 is 0 Å². The predicted molar refractivity (Wildman–Crippen MR) is 112 cm³/mol. The Balaban J connectivity index is 2.00. The van der Waals surface area contributed by atoms with Crippen LogP contribution in [-0.4, -0.2) is 36.2 Å². The predicted octanol–water partition coefficient (Wildman–Crippen LogP) is 3.48. The summed E-state index contributed by atoms with van der Waals surface area (Å²) in [5.41, 5.74) is 6.45. The largest absolute Gasteiger partial charge is 0.497 e. The van der Waals surface area contributed by atoms with Gasteiger partial charge in [0.1, 0.15) is 17.2 Å². The molecule has 0 aliphatic heterocycles. The lowest BCUT2D eigenvalue weighted by atomic mass is 10.2. The smallest absolute Gasteiger partial charge is 0.353 e. The lowest BCUT2D eigenvalue weighted by Crippen LogP contribution is -2.09. The van der Waals surface area contributed by atoms with Gasteiger partial charge in [-0.1, -0.05) is 0 Å². The molecule has 0 saturated carbocycles. The van der Waals surface area contributed by atoms with E-state index < -0.39 is 10.6 Å². The molecule has 0 aliphatic carbocycles. The monoisotopic (exact) mass is 412 g/mol. The minimum Gasteiger partial charge on any atom is -0.497 e. The molecule has 0 radical (unpaired) electrons. The number of nitrogens with one attached hydrogen (secondary N) is 2. The summed E-state index contributed by atoms with van der Waals surface area (Å²) in [6, 6.07) is 12.0. The van der Waals surface area contributed by atoms with E-state index in [4.69, 9.17) is 19.9 Å². The molecule has 0 amide bonds. The van der Waals surface area contributed by atoms with Gasteiger partial charge in [0.15, 0.2) is 0 Å². The second-order valence-corrected chi connectivity index (χ2v) is 5.93. The average Bonchev–Trinajstić information content (AvgIpc) is 2.73. The van der Waals surface area contributed by atoms with Gasteiger partial charge in [-0.15, -0.1) is 0 Å². The van der Waals surface area contributed by atoms with Crippen LogP contribution in [0.1, 0.15) is 0 Å². The molecular formula is C19H20N6O5. The van der Waals surface area contributed by atoms with Gasteiger partial charge in [0, 0.05) is 11.8 Å². The molecule has 1 aromatic heterocycles. The Bertz CT molecular complexity index is 1060. The number of nitrogens with zero attached hydrogens (tertiary/aromatic N) is 3. The molecule has 3 aromatic rings. The summed E-state index contributed by atoms with van der Waals surface area (Å²) in [6.07, 6.45) is 0. The van der Waals surface area contributed by atoms with Crippen molar-refractivity contribution in [2.24, 2.45) is 0 Å². The molecule has 156 valence electrons. The summed E-state index contributed by atoms with van der Waals surface area (Å²) in [5.74, 6) is 1.32. The number of aromatic nitrogens is 2. The fourth-order valence-corrected chi connectivity index (χ4v) is 2.64. The zero-order valence-corrected chi connectivity index (χ0v) is 16.5. The van der Waals surface area contributed by atoms with Gasteiger partial charge in [-0.25, -0.2) is 0 Å². The molecule has 0 unspecified atom stereocenters. The topological polar surface area (TPSA) is 147 Å². The molecule has 0 atom stereocenters. The van der Waals surface area contributed by atoms with Gasteiger partial charge in [0.05, 0.1) is 31.9 Å². The number of nitro groups is 1. The first-order chi connectivity index (χ1) is 14.4. The van der Waals surface area contributed by atoms with Crippen molar-refractivity contribution in [1.29, 1.82) is 0 Å². The number of hydrogen-bond donors (Lipinski definition) is 3. The van der Waals surface area contributed by atoms with Crippen LogP contribution in [-0.2, 0) is 0 Å². The first-order valence-corrected chi connectivity index (χ1v) is 8.67. The minimum atomic E-state index is -0.651. The third kappa shape index (κ3) is 4.41. The first kappa shape index (κ1) is 20.5. The molecule has 0 bridgehead atoms. The Morgan fingerprint density at radius 2 is 1.60 bits per heavy atom. The van der Waals surface area contributed by atoms with E-state index in [9.17, 15) is 10.1 Å². The maximum Gasteiger partial charge on any atom is 0.353 e. The Labute approximate surface area is 172 Å². The molecule has 30 heavy (non-hydrogen) atoms. The van der Waals surface area contributed by atoms with Crippen LogP contribution in [0.4, 0.5) is 34.6 Å². The van der Waals surface area contributed by atoms with Gasteiger partial charge in [0.25, 0.3) is 0 Å². The van der Waals surface area contributed by atoms with Crippen molar-refractivity contribution >= 4 is 34.6 Å². The standard InChI is InChI=1S/C19H20N6O5/c1-28-12-6-4-11(5-7-12)21-19-23-17(20)16(25(26)27)18(24-19)22-14-10-13(29-2)8-9-15(14)30-3/h4-10H,1-3H3,(H4,20,21,22,23,24). The highest BCUT2D eigenvalue weighted by Gasteiger charge is 2.24. The fourth-order valence-electron chi connectivity index (χ4n) is 2.64. The summed E-state index contributed by atoms with van der Waals surface area (Å²) in [7, 11) is 4.55. The summed E-state index contributed by atoms with van der Waals surface area (Å²) in [4.78, 5) is 19.1. The van der Waals surface area contributed by atoms with E-state index in [-0.39, 0.29) is 17.6 Å². The molecule has 0 aliphatic rings. The number of nitrogen functional groups attached to an aromatic ring is 1. The van der Waals surface area contributed by atoms with Crippen LogP contribution in [0.25, 0.3) is 0 Å². The van der Waals surface area contributed by atoms with E-state index in [1.54, 1.807) is 49.6 Å². The number of nitrogens with two attached hydrogens (primary N) is 1. The molecular weight excluding hydrogens is 392 g/mol. The zero-order valence-electron chi connectivity index (χ0n) is 16.5. The molecule has 3 rings (SSSR count). The van der Waals surface area contributed by atoms with Crippen molar-refractivity contribution in [3.8, 4) is 17.2 Å². The van der Waals surface area contributed by atoms with Crippen LogP contribution in [0.2, 0.25) is 0 Å². The van der Waals surface area contributed by atoms with Crippen molar-refractivity contribution in [1.82, 2.24) is 9.97 Å². The third-order valence-corrected chi connectivity index (χ3v) is 4.10. The Morgan fingerprint density at radius 3 is 2.20 bits per heavy atom. The van der Waals surface area contributed by atoms with Crippen LogP contribution in [0.15, 0.2) is 42.5 Å². The summed E-state index contributed by atoms with van der Waals surface area (Å²) in [6.45, 7) is 0. The maximum atomic E-state index is 11.6. The molecule has 0 spiro atoms. The van der Waals surface area contributed by atoms with Crippen LogP contribution in [0.3, 0.4) is 0 Å². The quantitative estimate of drug-likeness (QED) is 0.371. The van der Waals surface area contributed by atoms with Crippen LogP contribution in [0, 0.1) is 10.1 Å². The van der Waals surface area contributed by atoms with E-state index in [2.05, 4.69) is 20.6 Å². The van der Waals surface area contributed by atoms with Gasteiger partial charge >= 0.3 is 5.69 Å². The number of rotatable bonds is 8. The number of anilines is 5.